The molecule has 31 heavy (non-hydrogen) atoms. The van der Waals surface area contributed by atoms with Gasteiger partial charge >= 0.3 is 5.69 Å². The maximum atomic E-state index is 12.1. The highest BCUT2D eigenvalue weighted by Crippen LogP contribution is 2.30. The van der Waals surface area contributed by atoms with Gasteiger partial charge in [0, 0.05) is 11.3 Å². The average Bonchev–Trinajstić information content (AvgIpc) is 3.44. The Bertz CT molecular complexity index is 1230. The van der Waals surface area contributed by atoms with Crippen LogP contribution in [0.5, 0.6) is 5.75 Å². The van der Waals surface area contributed by atoms with E-state index in [9.17, 15) is 14.9 Å². The molecule has 2 aromatic heterocycles. The minimum absolute atomic E-state index is 0.150. The summed E-state index contributed by atoms with van der Waals surface area (Å²) in [5.74, 6) is 0.975. The lowest BCUT2D eigenvalue weighted by Gasteiger charge is -2.05. The third kappa shape index (κ3) is 4.40. The molecule has 0 spiro atoms. The maximum absolute atomic E-state index is 12.1. The zero-order valence-electron chi connectivity index (χ0n) is 16.3. The van der Waals surface area contributed by atoms with Gasteiger partial charge in [-0.25, -0.2) is 0 Å². The summed E-state index contributed by atoms with van der Waals surface area (Å²) in [6.45, 7) is -0.150. The molecule has 2 heterocycles. The van der Waals surface area contributed by atoms with E-state index in [1.807, 2.05) is 18.2 Å². The van der Waals surface area contributed by atoms with Gasteiger partial charge in [-0.1, -0.05) is 17.3 Å². The van der Waals surface area contributed by atoms with Crippen molar-refractivity contribution in [2.24, 2.45) is 0 Å². The number of aromatic nitrogens is 4. The number of para-hydroxylation sites is 1. The van der Waals surface area contributed by atoms with Crippen molar-refractivity contribution in [2.75, 3.05) is 12.4 Å². The first-order valence-corrected chi connectivity index (χ1v) is 9.08. The Morgan fingerprint density at radius 2 is 2.00 bits per heavy atom. The topological polar surface area (TPSA) is 138 Å². The summed E-state index contributed by atoms with van der Waals surface area (Å²) >= 11 is 0. The predicted octanol–water partition coefficient (Wildman–Crippen LogP) is 3.16. The third-order valence-electron chi connectivity index (χ3n) is 4.33. The van der Waals surface area contributed by atoms with Crippen LogP contribution in [0.15, 0.2) is 65.4 Å². The second-order valence-corrected chi connectivity index (χ2v) is 6.40. The lowest BCUT2D eigenvalue weighted by Crippen LogP contribution is -2.18. The number of amides is 1. The number of rotatable bonds is 7. The van der Waals surface area contributed by atoms with Crippen LogP contribution in [0.1, 0.15) is 0 Å². The van der Waals surface area contributed by atoms with Crippen LogP contribution >= 0.6 is 0 Å². The molecule has 156 valence electrons. The van der Waals surface area contributed by atoms with Crippen LogP contribution in [0, 0.1) is 10.1 Å². The van der Waals surface area contributed by atoms with Crippen molar-refractivity contribution < 1.29 is 19.0 Å². The van der Waals surface area contributed by atoms with E-state index in [1.165, 1.54) is 10.9 Å². The minimum atomic E-state index is -0.572. The number of nitrogens with zero attached hydrogens (tertiary/aromatic N) is 5. The highest BCUT2D eigenvalue weighted by Gasteiger charge is 2.15. The van der Waals surface area contributed by atoms with E-state index in [-0.39, 0.29) is 18.1 Å². The fourth-order valence-corrected chi connectivity index (χ4v) is 2.86. The molecule has 0 atom stereocenters. The van der Waals surface area contributed by atoms with Crippen molar-refractivity contribution in [3.63, 3.8) is 0 Å². The summed E-state index contributed by atoms with van der Waals surface area (Å²) in [7, 11) is 1.57. The van der Waals surface area contributed by atoms with Gasteiger partial charge in [0.15, 0.2) is 0 Å². The van der Waals surface area contributed by atoms with Crippen LogP contribution in [0.3, 0.4) is 0 Å². The zero-order valence-corrected chi connectivity index (χ0v) is 16.3. The smallest absolute Gasteiger partial charge is 0.307 e. The zero-order chi connectivity index (χ0) is 21.8. The van der Waals surface area contributed by atoms with E-state index < -0.39 is 4.92 Å². The van der Waals surface area contributed by atoms with Gasteiger partial charge in [0.05, 0.1) is 17.6 Å². The van der Waals surface area contributed by atoms with Crippen molar-refractivity contribution in [1.82, 2.24) is 19.9 Å². The maximum Gasteiger partial charge on any atom is 0.307 e. The lowest BCUT2D eigenvalue weighted by molar-refractivity contribution is -0.385. The Morgan fingerprint density at radius 3 is 2.71 bits per heavy atom. The van der Waals surface area contributed by atoms with Crippen LogP contribution < -0.4 is 10.1 Å². The van der Waals surface area contributed by atoms with Crippen molar-refractivity contribution in [1.29, 1.82) is 0 Å². The second kappa shape index (κ2) is 8.45. The summed E-state index contributed by atoms with van der Waals surface area (Å²) in [4.78, 5) is 26.7. The fraction of sp³-hybridized carbons (Fsp3) is 0.100. The number of methoxy groups -OCH3 is 1. The fourth-order valence-electron chi connectivity index (χ4n) is 2.86. The summed E-state index contributed by atoms with van der Waals surface area (Å²) in [5, 5.41) is 21.2. The molecule has 0 unspecified atom stereocenters. The predicted molar refractivity (Wildman–Crippen MR) is 109 cm³/mol. The molecule has 1 amide bonds. The van der Waals surface area contributed by atoms with Gasteiger partial charge in [0.2, 0.25) is 11.7 Å². The molecule has 0 bridgehead atoms. The largest absolute Gasteiger partial charge is 0.496 e. The van der Waals surface area contributed by atoms with E-state index >= 15 is 0 Å². The van der Waals surface area contributed by atoms with Crippen molar-refractivity contribution >= 4 is 17.3 Å². The summed E-state index contributed by atoms with van der Waals surface area (Å²) < 4.78 is 11.9. The number of hydrogen-bond donors (Lipinski definition) is 1. The highest BCUT2D eigenvalue weighted by atomic mass is 16.6. The van der Waals surface area contributed by atoms with E-state index in [0.717, 1.165) is 6.20 Å². The minimum Gasteiger partial charge on any atom is -0.496 e. The van der Waals surface area contributed by atoms with Crippen molar-refractivity contribution in [3.8, 4) is 28.6 Å². The molecule has 0 saturated heterocycles. The molecule has 0 fully saturated rings. The summed E-state index contributed by atoms with van der Waals surface area (Å²) in [5.41, 5.74) is 1.76. The van der Waals surface area contributed by atoms with Crippen LogP contribution in [-0.4, -0.2) is 37.9 Å². The molecular weight excluding hydrogens is 404 g/mol. The van der Waals surface area contributed by atoms with Crippen LogP contribution in [-0.2, 0) is 11.3 Å². The Balaban J connectivity index is 1.43. The third-order valence-corrected chi connectivity index (χ3v) is 4.33. The van der Waals surface area contributed by atoms with Gasteiger partial charge < -0.3 is 14.6 Å². The van der Waals surface area contributed by atoms with E-state index in [1.54, 1.807) is 37.4 Å². The Morgan fingerprint density at radius 1 is 1.23 bits per heavy atom. The molecule has 4 aromatic rings. The second-order valence-electron chi connectivity index (χ2n) is 6.40. The molecule has 11 nitrogen and oxygen atoms in total. The molecule has 11 heteroatoms. The number of benzene rings is 2. The molecule has 0 radical (unpaired) electrons. The molecular formula is C20H16N6O5. The Kier molecular flexibility index (Phi) is 5.39. The molecule has 0 aliphatic carbocycles. The number of carbonyl (C=O) groups excluding carboxylic acids is 1. The first-order chi connectivity index (χ1) is 15.0. The molecule has 0 saturated carbocycles. The van der Waals surface area contributed by atoms with Gasteiger partial charge in [-0.3, -0.25) is 19.6 Å². The van der Waals surface area contributed by atoms with Gasteiger partial charge in [0.25, 0.3) is 5.89 Å². The Labute approximate surface area is 175 Å². The molecule has 0 aliphatic heterocycles. The van der Waals surface area contributed by atoms with Gasteiger partial charge in [-0.15, -0.1) is 0 Å². The highest BCUT2D eigenvalue weighted by molar-refractivity contribution is 5.90. The molecule has 1 N–H and O–H groups in total. The monoisotopic (exact) mass is 420 g/mol. The van der Waals surface area contributed by atoms with Crippen LogP contribution in [0.4, 0.5) is 11.4 Å². The standard InChI is InChI=1S/C20H16N6O5/c1-30-17-5-3-2-4-16(17)20-23-19(24-31-20)13-6-8-14(9-7-13)22-18(27)12-25-11-15(10-21-25)26(28)29/h2-11H,12H2,1H3,(H,22,27). The van der Waals surface area contributed by atoms with Crippen LogP contribution in [0.2, 0.25) is 0 Å². The average molecular weight is 420 g/mol. The number of nitrogens with one attached hydrogen (secondary N) is 1. The first-order valence-electron chi connectivity index (χ1n) is 9.08. The molecule has 4 rings (SSSR count). The quantitative estimate of drug-likeness (QED) is 0.355. The number of carbonyl (C=O) groups is 1. The number of hydrogen-bond acceptors (Lipinski definition) is 8. The van der Waals surface area contributed by atoms with Gasteiger partial charge in [0.1, 0.15) is 24.7 Å². The Hall–Kier alpha value is -4.54. The number of ether oxygens (including phenoxy) is 1. The van der Waals surface area contributed by atoms with Crippen molar-refractivity contribution in [2.45, 2.75) is 6.54 Å². The van der Waals surface area contributed by atoms with Gasteiger partial charge in [-0.05, 0) is 36.4 Å². The van der Waals surface area contributed by atoms with E-state index in [4.69, 9.17) is 9.26 Å². The molecule has 2 aromatic carbocycles. The van der Waals surface area contributed by atoms with Gasteiger partial charge in [-0.2, -0.15) is 10.1 Å². The molecule has 0 aliphatic rings. The summed E-state index contributed by atoms with van der Waals surface area (Å²) in [6.07, 6.45) is 2.28. The van der Waals surface area contributed by atoms with Crippen molar-refractivity contribution in [3.05, 3.63) is 71.0 Å². The van der Waals surface area contributed by atoms with E-state index in [0.29, 0.717) is 34.3 Å². The normalized spacial score (nSPS) is 10.6. The summed E-state index contributed by atoms with van der Waals surface area (Å²) in [6, 6.07) is 14.2. The SMILES string of the molecule is COc1ccccc1-c1nc(-c2ccc(NC(=O)Cn3cc([N+](=O)[O-])cn3)cc2)no1. The number of anilines is 1. The van der Waals surface area contributed by atoms with Crippen LogP contribution in [0.25, 0.3) is 22.8 Å². The van der Waals surface area contributed by atoms with E-state index in [2.05, 4.69) is 20.6 Å². The number of nitro groups is 1. The first kappa shape index (κ1) is 19.8. The lowest BCUT2D eigenvalue weighted by atomic mass is 10.2.